The van der Waals surface area contributed by atoms with Crippen LogP contribution >= 0.6 is 0 Å². The zero-order valence-electron chi connectivity index (χ0n) is 19.0. The second kappa shape index (κ2) is 10.1. The number of nitrogens with one attached hydrogen (secondary N) is 1. The number of anilines is 1. The third-order valence-corrected chi connectivity index (χ3v) is 5.60. The van der Waals surface area contributed by atoms with Crippen LogP contribution in [0.2, 0.25) is 0 Å². The van der Waals surface area contributed by atoms with Crippen LogP contribution in [0.4, 0.5) is 19.4 Å². The highest BCUT2D eigenvalue weighted by molar-refractivity contribution is 5.78. The predicted molar refractivity (Wildman–Crippen MR) is 126 cm³/mol. The van der Waals surface area contributed by atoms with Gasteiger partial charge in [0.15, 0.2) is 5.82 Å². The molecule has 4 aromatic rings. The summed E-state index contributed by atoms with van der Waals surface area (Å²) >= 11 is 0. The molecule has 3 heterocycles. The molecule has 0 saturated carbocycles. The van der Waals surface area contributed by atoms with Gasteiger partial charge in [-0.05, 0) is 29.8 Å². The van der Waals surface area contributed by atoms with E-state index in [1.807, 2.05) is 4.90 Å². The fourth-order valence-electron chi connectivity index (χ4n) is 3.91. The molecule has 2 aromatic heterocycles. The molecule has 186 valence electrons. The maximum absolute atomic E-state index is 14.0. The number of ether oxygens (including phenoxy) is 2. The smallest absolute Gasteiger partial charge is 0.404 e. The fraction of sp³-hybridized carbons (Fsp3) is 0.250. The van der Waals surface area contributed by atoms with E-state index in [-0.39, 0.29) is 18.4 Å². The maximum Gasteiger partial charge on any atom is 0.404 e. The molecule has 2 aromatic carbocycles. The number of carboxylic acid groups (broad SMARTS) is 1. The summed E-state index contributed by atoms with van der Waals surface area (Å²) in [5.74, 6) is 0.694. The first-order valence-electron chi connectivity index (χ1n) is 11.2. The van der Waals surface area contributed by atoms with Crippen LogP contribution in [0.25, 0.3) is 16.9 Å². The van der Waals surface area contributed by atoms with Crippen LogP contribution in [0.15, 0.2) is 54.6 Å². The van der Waals surface area contributed by atoms with Gasteiger partial charge in [-0.2, -0.15) is 9.97 Å². The summed E-state index contributed by atoms with van der Waals surface area (Å²) in [5, 5.41) is 11.1. The molecule has 0 radical (unpaired) electrons. The maximum atomic E-state index is 14.0. The Morgan fingerprint density at radius 3 is 2.50 bits per heavy atom. The van der Waals surface area contributed by atoms with E-state index < -0.39 is 18.3 Å². The van der Waals surface area contributed by atoms with Gasteiger partial charge in [0, 0.05) is 25.7 Å². The molecule has 10 nitrogen and oxygen atoms in total. The standard InChI is InChI=1S/C24H22F2N6O4/c25-21(26)22-28-17-3-1-2-4-18(17)32(22)20-13-19(31-9-11-35-12-10-31)29-23(30-20)36-16-7-5-15(6-8-16)14-27-24(33)34/h1-8,13,21,27H,9-12,14H2,(H,33,34). The first-order chi connectivity index (χ1) is 17.5. The quantitative estimate of drug-likeness (QED) is 0.392. The Morgan fingerprint density at radius 1 is 1.06 bits per heavy atom. The van der Waals surface area contributed by atoms with E-state index in [2.05, 4.69) is 20.3 Å². The lowest BCUT2D eigenvalue weighted by Gasteiger charge is -2.28. The first kappa shape index (κ1) is 23.4. The summed E-state index contributed by atoms with van der Waals surface area (Å²) in [6.07, 6.45) is -3.94. The van der Waals surface area contributed by atoms with Crippen LogP contribution in [0.5, 0.6) is 11.8 Å². The van der Waals surface area contributed by atoms with Gasteiger partial charge in [-0.15, -0.1) is 0 Å². The molecule has 5 rings (SSSR count). The van der Waals surface area contributed by atoms with Crippen LogP contribution in [0.1, 0.15) is 17.8 Å². The van der Waals surface area contributed by atoms with Gasteiger partial charge in [0.25, 0.3) is 6.43 Å². The molecule has 0 bridgehead atoms. The number of hydrogen-bond acceptors (Lipinski definition) is 7. The van der Waals surface area contributed by atoms with Crippen LogP contribution in [0.3, 0.4) is 0 Å². The minimum absolute atomic E-state index is 0.0246. The summed E-state index contributed by atoms with van der Waals surface area (Å²) in [7, 11) is 0. The minimum atomic E-state index is -2.82. The van der Waals surface area contributed by atoms with Gasteiger partial charge in [0.2, 0.25) is 0 Å². The Morgan fingerprint density at radius 2 is 1.78 bits per heavy atom. The molecular weight excluding hydrogens is 474 g/mol. The van der Waals surface area contributed by atoms with E-state index in [0.29, 0.717) is 48.9 Å². The number of nitrogens with zero attached hydrogens (tertiary/aromatic N) is 5. The van der Waals surface area contributed by atoms with Crippen molar-refractivity contribution >= 4 is 22.9 Å². The summed E-state index contributed by atoms with van der Waals surface area (Å²) in [6.45, 7) is 2.32. The Labute approximate surface area is 204 Å². The van der Waals surface area contributed by atoms with Crippen LogP contribution in [-0.2, 0) is 11.3 Å². The third kappa shape index (κ3) is 5.03. The highest BCUT2D eigenvalue weighted by Gasteiger charge is 2.23. The van der Waals surface area contributed by atoms with Gasteiger partial charge < -0.3 is 24.8 Å². The van der Waals surface area contributed by atoms with E-state index in [1.54, 1.807) is 54.6 Å². The van der Waals surface area contributed by atoms with E-state index in [1.165, 1.54) is 4.57 Å². The van der Waals surface area contributed by atoms with E-state index in [0.717, 1.165) is 5.56 Å². The molecule has 1 aliphatic rings. The molecule has 0 unspecified atom stereocenters. The van der Waals surface area contributed by atoms with Gasteiger partial charge >= 0.3 is 12.1 Å². The topological polar surface area (TPSA) is 115 Å². The van der Waals surface area contributed by atoms with Crippen LogP contribution < -0.4 is 15.0 Å². The van der Waals surface area contributed by atoms with E-state index in [4.69, 9.17) is 14.6 Å². The van der Waals surface area contributed by atoms with Crippen molar-refractivity contribution in [3.63, 3.8) is 0 Å². The molecule has 36 heavy (non-hydrogen) atoms. The van der Waals surface area contributed by atoms with Crippen molar-refractivity contribution in [2.75, 3.05) is 31.2 Å². The number of amides is 1. The number of benzene rings is 2. The Bertz CT molecular complexity index is 1370. The molecule has 1 saturated heterocycles. The van der Waals surface area contributed by atoms with E-state index >= 15 is 0 Å². The molecule has 0 atom stereocenters. The fourth-order valence-corrected chi connectivity index (χ4v) is 3.91. The lowest BCUT2D eigenvalue weighted by atomic mass is 10.2. The second-order valence-electron chi connectivity index (χ2n) is 7.97. The first-order valence-corrected chi connectivity index (χ1v) is 11.2. The number of carbonyl (C=O) groups is 1. The zero-order chi connectivity index (χ0) is 25.1. The molecule has 1 amide bonds. The third-order valence-electron chi connectivity index (χ3n) is 5.60. The molecule has 12 heteroatoms. The second-order valence-corrected chi connectivity index (χ2v) is 7.97. The number of imidazole rings is 1. The van der Waals surface area contributed by atoms with E-state index in [9.17, 15) is 13.6 Å². The van der Waals surface area contributed by atoms with Crippen molar-refractivity contribution in [2.45, 2.75) is 13.0 Å². The number of para-hydroxylation sites is 2. The van der Waals surface area contributed by atoms with Gasteiger partial charge in [0.1, 0.15) is 17.4 Å². The molecular formula is C24H22F2N6O4. The van der Waals surface area contributed by atoms with Crippen LogP contribution in [-0.4, -0.2) is 57.0 Å². The molecule has 2 N–H and O–H groups in total. The van der Waals surface area contributed by atoms with Crippen molar-refractivity contribution in [3.8, 4) is 17.6 Å². The zero-order valence-corrected chi connectivity index (χ0v) is 19.0. The summed E-state index contributed by atoms with van der Waals surface area (Å²) in [5.41, 5.74) is 1.65. The number of morpholine rings is 1. The SMILES string of the molecule is O=C(O)NCc1ccc(Oc2nc(N3CCOCC3)cc(-n3c(C(F)F)nc4ccccc43)n2)cc1. The van der Waals surface area contributed by atoms with Gasteiger partial charge in [0.05, 0.1) is 24.2 Å². The Kier molecular flexibility index (Phi) is 6.58. The number of halogens is 2. The highest BCUT2D eigenvalue weighted by atomic mass is 19.3. The summed E-state index contributed by atoms with van der Waals surface area (Å²) < 4.78 is 40.6. The number of alkyl halides is 2. The molecule has 1 aliphatic heterocycles. The predicted octanol–water partition coefficient (Wildman–Crippen LogP) is 4.15. The molecule has 1 fully saturated rings. The monoisotopic (exact) mass is 496 g/mol. The van der Waals surface area contributed by atoms with Gasteiger partial charge in [-0.3, -0.25) is 4.57 Å². The van der Waals surface area contributed by atoms with Crippen molar-refractivity contribution in [3.05, 3.63) is 66.0 Å². The number of fused-ring (bicyclic) bond motifs is 1. The number of hydrogen-bond donors (Lipinski definition) is 2. The van der Waals surface area contributed by atoms with Crippen molar-refractivity contribution in [1.29, 1.82) is 0 Å². The molecule has 0 spiro atoms. The average molecular weight is 496 g/mol. The van der Waals surface area contributed by atoms with Crippen molar-refractivity contribution in [1.82, 2.24) is 24.8 Å². The summed E-state index contributed by atoms with van der Waals surface area (Å²) in [6, 6.07) is 15.2. The lowest BCUT2D eigenvalue weighted by Crippen LogP contribution is -2.36. The average Bonchev–Trinajstić information content (AvgIpc) is 3.29. The summed E-state index contributed by atoms with van der Waals surface area (Å²) in [4.78, 5) is 25.8. The van der Waals surface area contributed by atoms with Crippen molar-refractivity contribution in [2.24, 2.45) is 0 Å². The van der Waals surface area contributed by atoms with Gasteiger partial charge in [-0.25, -0.2) is 18.6 Å². The van der Waals surface area contributed by atoms with Gasteiger partial charge in [-0.1, -0.05) is 24.3 Å². The normalized spacial score (nSPS) is 13.8. The largest absolute Gasteiger partial charge is 0.465 e. The highest BCUT2D eigenvalue weighted by Crippen LogP contribution is 2.30. The number of aromatic nitrogens is 4. The number of rotatable bonds is 7. The Balaban J connectivity index is 1.54. The van der Waals surface area contributed by atoms with Crippen molar-refractivity contribution < 1.29 is 28.2 Å². The lowest BCUT2D eigenvalue weighted by molar-refractivity contribution is 0.122. The molecule has 0 aliphatic carbocycles. The van der Waals surface area contributed by atoms with Crippen LogP contribution in [0, 0.1) is 0 Å². The Hall–Kier alpha value is -4.32. The minimum Gasteiger partial charge on any atom is -0.465 e.